The Hall–Kier alpha value is -0.340. The lowest BCUT2D eigenvalue weighted by atomic mass is 9.70. The van der Waals surface area contributed by atoms with Crippen molar-refractivity contribution < 1.29 is 10.2 Å². The highest BCUT2D eigenvalue weighted by Crippen LogP contribution is 2.51. The molecule has 3 saturated carbocycles. The molecule has 166 valence electrons. The maximum Gasteiger partial charge on any atom is 0.0603 e. The van der Waals surface area contributed by atoms with Crippen LogP contribution in [0.2, 0.25) is 0 Å². The summed E-state index contributed by atoms with van der Waals surface area (Å²) >= 11 is 0. The first-order valence-corrected chi connectivity index (χ1v) is 13.2. The molecule has 0 heterocycles. The minimum atomic E-state index is -0.141. The molecule has 0 aromatic heterocycles. The van der Waals surface area contributed by atoms with Gasteiger partial charge in [-0.15, -0.1) is 0 Å². The van der Waals surface area contributed by atoms with Crippen molar-refractivity contribution >= 4 is 0 Å². The highest BCUT2D eigenvalue weighted by atomic mass is 16.3. The van der Waals surface area contributed by atoms with E-state index in [2.05, 4.69) is 13.0 Å². The lowest BCUT2D eigenvalue weighted by Crippen LogP contribution is -2.31. The van der Waals surface area contributed by atoms with E-state index in [9.17, 15) is 10.2 Å². The number of aliphatic hydroxyl groups is 2. The molecule has 0 spiro atoms. The third-order valence-corrected chi connectivity index (χ3v) is 9.34. The molecule has 29 heavy (non-hydrogen) atoms. The Balaban J connectivity index is 1.29. The maximum atomic E-state index is 11.0. The van der Waals surface area contributed by atoms with Gasteiger partial charge in [-0.05, 0) is 93.8 Å². The van der Waals surface area contributed by atoms with Crippen LogP contribution >= 0.6 is 0 Å². The van der Waals surface area contributed by atoms with Gasteiger partial charge in [-0.25, -0.2) is 0 Å². The van der Waals surface area contributed by atoms with Crippen molar-refractivity contribution in [1.29, 1.82) is 0 Å². The predicted molar refractivity (Wildman–Crippen MR) is 121 cm³/mol. The number of allylic oxidation sites excluding steroid dienone is 1. The average Bonchev–Trinajstić information content (AvgIpc) is 3.08. The van der Waals surface area contributed by atoms with Crippen LogP contribution in [0.3, 0.4) is 0 Å². The van der Waals surface area contributed by atoms with Gasteiger partial charge in [0, 0.05) is 5.92 Å². The Kier molecular flexibility index (Phi) is 7.78. The van der Waals surface area contributed by atoms with Crippen molar-refractivity contribution in [3.8, 4) is 0 Å². The first-order valence-electron chi connectivity index (χ1n) is 13.2. The molecule has 2 nitrogen and oxygen atoms in total. The van der Waals surface area contributed by atoms with Crippen molar-refractivity contribution in [3.05, 3.63) is 11.6 Å². The van der Waals surface area contributed by atoms with Gasteiger partial charge >= 0.3 is 0 Å². The fraction of sp³-hybridized carbons (Fsp3) is 0.926. The van der Waals surface area contributed by atoms with E-state index in [0.29, 0.717) is 17.8 Å². The summed E-state index contributed by atoms with van der Waals surface area (Å²) in [5.74, 6) is 3.83. The van der Waals surface area contributed by atoms with Crippen molar-refractivity contribution in [1.82, 2.24) is 0 Å². The molecule has 2 heteroatoms. The number of hydrogen-bond acceptors (Lipinski definition) is 2. The second-order valence-corrected chi connectivity index (χ2v) is 11.1. The fourth-order valence-corrected chi connectivity index (χ4v) is 7.64. The summed E-state index contributed by atoms with van der Waals surface area (Å²) in [7, 11) is 0. The molecular formula is C27H46O2. The van der Waals surface area contributed by atoms with Crippen LogP contribution in [0.15, 0.2) is 11.6 Å². The number of unbranched alkanes of at least 4 members (excludes halogenated alkanes) is 2. The smallest absolute Gasteiger partial charge is 0.0603 e. The molecule has 0 bridgehead atoms. The Morgan fingerprint density at radius 1 is 0.931 bits per heavy atom. The molecule has 0 aromatic carbocycles. The standard InChI is InChI=1S/C27H46O2/c1-2-3-4-10-23-18-25-20(11-7-12-24(25)27(23)29)15-16-26(28)22-14-13-19-8-5-6-9-21(19)17-22/h17,19-20,22-29H,2-16,18H2,1H3. The minimum absolute atomic E-state index is 0.0455. The lowest BCUT2D eigenvalue weighted by Gasteiger charge is -2.37. The van der Waals surface area contributed by atoms with Gasteiger partial charge in [0.2, 0.25) is 0 Å². The van der Waals surface area contributed by atoms with Crippen molar-refractivity contribution in [2.24, 2.45) is 35.5 Å². The molecule has 0 saturated heterocycles. The van der Waals surface area contributed by atoms with E-state index in [1.807, 2.05) is 0 Å². The highest BCUT2D eigenvalue weighted by molar-refractivity contribution is 5.15. The number of hydrogen-bond donors (Lipinski definition) is 2. The van der Waals surface area contributed by atoms with E-state index in [-0.39, 0.29) is 12.2 Å². The lowest BCUT2D eigenvalue weighted by molar-refractivity contribution is 0.0430. The van der Waals surface area contributed by atoms with Crippen LogP contribution in [0.4, 0.5) is 0 Å². The van der Waals surface area contributed by atoms with Crippen LogP contribution in [0.5, 0.6) is 0 Å². The molecular weight excluding hydrogens is 356 g/mol. The molecule has 3 fully saturated rings. The maximum absolute atomic E-state index is 11.0. The molecule has 0 amide bonds. The molecule has 8 unspecified atom stereocenters. The Morgan fingerprint density at radius 3 is 2.69 bits per heavy atom. The highest BCUT2D eigenvalue weighted by Gasteiger charge is 2.46. The SMILES string of the molecule is CCCCCC1CC2C(CCC(O)C3C=C4CCCCC4CC3)CCCC2C1O. The second-order valence-electron chi connectivity index (χ2n) is 11.1. The summed E-state index contributed by atoms with van der Waals surface area (Å²) in [4.78, 5) is 0. The van der Waals surface area contributed by atoms with Gasteiger partial charge in [0.1, 0.15) is 0 Å². The van der Waals surface area contributed by atoms with Crippen LogP contribution in [-0.4, -0.2) is 22.4 Å². The third kappa shape index (κ3) is 5.12. The molecule has 8 atom stereocenters. The molecule has 2 N–H and O–H groups in total. The Bertz CT molecular complexity index is 541. The van der Waals surface area contributed by atoms with E-state index in [0.717, 1.165) is 24.2 Å². The van der Waals surface area contributed by atoms with Gasteiger partial charge in [-0.2, -0.15) is 0 Å². The number of rotatable bonds is 8. The minimum Gasteiger partial charge on any atom is -0.393 e. The third-order valence-electron chi connectivity index (χ3n) is 9.34. The Labute approximate surface area is 179 Å². The van der Waals surface area contributed by atoms with Crippen LogP contribution < -0.4 is 0 Å². The van der Waals surface area contributed by atoms with Crippen molar-refractivity contribution in [3.63, 3.8) is 0 Å². The van der Waals surface area contributed by atoms with Gasteiger partial charge in [-0.1, -0.05) is 57.1 Å². The topological polar surface area (TPSA) is 40.5 Å². The Morgan fingerprint density at radius 2 is 1.83 bits per heavy atom. The van der Waals surface area contributed by atoms with Crippen LogP contribution in [0.25, 0.3) is 0 Å². The number of aliphatic hydroxyl groups excluding tert-OH is 2. The van der Waals surface area contributed by atoms with Gasteiger partial charge in [0.15, 0.2) is 0 Å². The second kappa shape index (κ2) is 10.3. The van der Waals surface area contributed by atoms with Crippen molar-refractivity contribution in [2.75, 3.05) is 0 Å². The van der Waals surface area contributed by atoms with E-state index < -0.39 is 0 Å². The zero-order valence-electron chi connectivity index (χ0n) is 18.9. The predicted octanol–water partition coefficient (Wildman–Crippen LogP) is 6.65. The summed E-state index contributed by atoms with van der Waals surface area (Å²) in [5, 5.41) is 21.9. The first kappa shape index (κ1) is 21.9. The summed E-state index contributed by atoms with van der Waals surface area (Å²) in [6.45, 7) is 2.27. The van der Waals surface area contributed by atoms with E-state index >= 15 is 0 Å². The molecule has 0 aromatic rings. The van der Waals surface area contributed by atoms with Gasteiger partial charge in [0.25, 0.3) is 0 Å². The fourth-order valence-electron chi connectivity index (χ4n) is 7.64. The quantitative estimate of drug-likeness (QED) is 0.352. The van der Waals surface area contributed by atoms with E-state index in [4.69, 9.17) is 0 Å². The van der Waals surface area contributed by atoms with Crippen LogP contribution in [0, 0.1) is 35.5 Å². The first-order chi connectivity index (χ1) is 14.2. The number of fused-ring (bicyclic) bond motifs is 2. The zero-order chi connectivity index (χ0) is 20.2. The summed E-state index contributed by atoms with van der Waals surface area (Å²) in [6, 6.07) is 0. The van der Waals surface area contributed by atoms with Gasteiger partial charge in [-0.3, -0.25) is 0 Å². The normalized spacial score (nSPS) is 40.8. The molecule has 4 aliphatic rings. The zero-order valence-corrected chi connectivity index (χ0v) is 18.9. The monoisotopic (exact) mass is 402 g/mol. The summed E-state index contributed by atoms with van der Waals surface area (Å²) in [6.07, 6.45) is 22.6. The van der Waals surface area contributed by atoms with Crippen LogP contribution in [-0.2, 0) is 0 Å². The molecule has 4 rings (SSSR count). The molecule has 0 aliphatic heterocycles. The van der Waals surface area contributed by atoms with Crippen LogP contribution in [0.1, 0.15) is 110 Å². The molecule has 0 radical (unpaired) electrons. The average molecular weight is 403 g/mol. The summed E-state index contributed by atoms with van der Waals surface area (Å²) in [5.41, 5.74) is 1.68. The van der Waals surface area contributed by atoms with Crippen molar-refractivity contribution in [2.45, 2.75) is 122 Å². The van der Waals surface area contributed by atoms with Gasteiger partial charge in [0.05, 0.1) is 12.2 Å². The largest absolute Gasteiger partial charge is 0.393 e. The van der Waals surface area contributed by atoms with E-state index in [1.54, 1.807) is 5.57 Å². The molecule has 4 aliphatic carbocycles. The van der Waals surface area contributed by atoms with E-state index in [1.165, 1.54) is 96.3 Å². The summed E-state index contributed by atoms with van der Waals surface area (Å²) < 4.78 is 0. The van der Waals surface area contributed by atoms with Gasteiger partial charge < -0.3 is 10.2 Å².